The maximum absolute atomic E-state index is 10.2. The molecule has 1 aromatic rings. The number of rotatable bonds is 3. The third kappa shape index (κ3) is 4.59. The summed E-state index contributed by atoms with van der Waals surface area (Å²) in [5.74, 6) is 0. The van der Waals surface area contributed by atoms with Crippen molar-refractivity contribution in [3.05, 3.63) is 30.1 Å². The first-order chi connectivity index (χ1) is 11.0. The topological polar surface area (TPSA) is 97.3 Å². The largest absolute Gasteiger partial charge is 1.00 e. The molecule has 2 aliphatic rings. The van der Waals surface area contributed by atoms with Gasteiger partial charge in [-0.05, 0) is 32.5 Å². The Labute approximate surface area is 168 Å². The number of pyridine rings is 1. The lowest BCUT2D eigenvalue weighted by Crippen LogP contribution is -3.00. The van der Waals surface area contributed by atoms with E-state index in [0.717, 1.165) is 24.9 Å². The lowest BCUT2D eigenvalue weighted by atomic mass is 9.98. The maximum atomic E-state index is 10.2. The third-order valence-corrected chi connectivity index (χ3v) is 4.91. The Bertz CT molecular complexity index is 551. The van der Waals surface area contributed by atoms with E-state index in [4.69, 9.17) is 4.74 Å². The summed E-state index contributed by atoms with van der Waals surface area (Å²) in [6.07, 6.45) is 0.165. The first-order valence-corrected chi connectivity index (χ1v) is 8.04. The van der Waals surface area contributed by atoms with Crippen LogP contribution in [0.3, 0.4) is 0 Å². The number of aromatic nitrogens is 1. The Morgan fingerprint density at radius 3 is 2.56 bits per heavy atom. The van der Waals surface area contributed by atoms with Gasteiger partial charge in [0, 0.05) is 17.7 Å². The van der Waals surface area contributed by atoms with Crippen molar-refractivity contribution < 1.29 is 46.7 Å². The standard InChI is InChI=1S/C16H25N2O5.2BrH/c1-17-6-3-5-11(17)10-4-2-7-18(8-10)16-15(22)14(21)13(20)12(9-19)23-16;;/h2,4,7-8,11-16,19-22H,3,5-6,9H2,1H3;2*1H/q+1;;/p-1/t11?,12?,13-,14+,15?,16?;;/m1../s1. The molecule has 0 radical (unpaired) electrons. The second kappa shape index (κ2) is 9.70. The van der Waals surface area contributed by atoms with Gasteiger partial charge in [0.05, 0.1) is 6.61 Å². The van der Waals surface area contributed by atoms with Crippen molar-refractivity contribution in [2.45, 2.75) is 49.5 Å². The zero-order chi connectivity index (χ0) is 16.6. The normalized spacial score (nSPS) is 35.7. The molecular weight excluding hydrogens is 460 g/mol. The van der Waals surface area contributed by atoms with Crippen molar-refractivity contribution in [1.29, 1.82) is 0 Å². The molecule has 25 heavy (non-hydrogen) atoms. The van der Waals surface area contributed by atoms with Crippen molar-refractivity contribution in [3.63, 3.8) is 0 Å². The van der Waals surface area contributed by atoms with Crippen LogP contribution in [0.1, 0.15) is 30.7 Å². The van der Waals surface area contributed by atoms with Crippen molar-refractivity contribution in [3.8, 4) is 0 Å². The first-order valence-electron chi connectivity index (χ1n) is 8.04. The smallest absolute Gasteiger partial charge is 0.292 e. The van der Waals surface area contributed by atoms with Gasteiger partial charge in [-0.3, -0.25) is 4.90 Å². The maximum Gasteiger partial charge on any atom is 0.292 e. The monoisotopic (exact) mass is 484 g/mol. The molecule has 144 valence electrons. The van der Waals surface area contributed by atoms with Crippen molar-refractivity contribution in [2.24, 2.45) is 0 Å². The minimum atomic E-state index is -1.36. The number of aliphatic hydroxyl groups excluding tert-OH is 4. The van der Waals surface area contributed by atoms with Gasteiger partial charge in [0.2, 0.25) is 0 Å². The Hall–Kier alpha value is -0.130. The third-order valence-electron chi connectivity index (χ3n) is 4.91. The summed E-state index contributed by atoms with van der Waals surface area (Å²) >= 11 is 0. The molecule has 0 spiro atoms. The van der Waals surface area contributed by atoms with E-state index in [-0.39, 0.29) is 34.0 Å². The summed E-state index contributed by atoms with van der Waals surface area (Å²) in [6, 6.07) is 4.24. The Morgan fingerprint density at radius 1 is 1.24 bits per heavy atom. The van der Waals surface area contributed by atoms with E-state index < -0.39 is 37.3 Å². The summed E-state index contributed by atoms with van der Waals surface area (Å²) in [7, 11) is 2.09. The summed E-state index contributed by atoms with van der Waals surface area (Å²) in [4.78, 5) is 2.28. The van der Waals surface area contributed by atoms with Crippen LogP contribution < -0.4 is 21.5 Å². The van der Waals surface area contributed by atoms with Crippen LogP contribution in [0.25, 0.3) is 0 Å². The molecule has 0 aromatic carbocycles. The first kappa shape index (κ1) is 22.9. The van der Waals surface area contributed by atoms with E-state index in [1.165, 1.54) is 0 Å². The fourth-order valence-electron chi connectivity index (χ4n) is 3.53. The second-order valence-electron chi connectivity index (χ2n) is 6.44. The zero-order valence-corrected chi connectivity index (χ0v) is 17.3. The number of halogens is 2. The summed E-state index contributed by atoms with van der Waals surface area (Å²) in [5, 5.41) is 39.3. The molecule has 3 rings (SSSR count). The minimum absolute atomic E-state index is 0. The molecule has 4 unspecified atom stereocenters. The Kier molecular flexibility index (Phi) is 8.89. The molecule has 7 nitrogen and oxygen atoms in total. The van der Waals surface area contributed by atoms with Crippen LogP contribution >= 0.6 is 17.0 Å². The average molecular weight is 486 g/mol. The second-order valence-corrected chi connectivity index (χ2v) is 6.44. The molecule has 2 aliphatic heterocycles. The van der Waals surface area contributed by atoms with E-state index in [0.29, 0.717) is 6.04 Å². The molecule has 0 aliphatic carbocycles. The predicted octanol–water partition coefficient (Wildman–Crippen LogP) is -3.70. The molecule has 2 saturated heterocycles. The van der Waals surface area contributed by atoms with Crippen molar-refractivity contribution in [2.75, 3.05) is 20.2 Å². The highest BCUT2D eigenvalue weighted by molar-refractivity contribution is 8.93. The summed E-state index contributed by atoms with van der Waals surface area (Å²) < 4.78 is 7.30. The minimum Gasteiger partial charge on any atom is -1.00 e. The summed E-state index contributed by atoms with van der Waals surface area (Å²) in [5.41, 5.74) is 1.12. The van der Waals surface area contributed by atoms with Crippen LogP contribution in [-0.4, -0.2) is 69.9 Å². The van der Waals surface area contributed by atoms with Gasteiger partial charge in [-0.25, -0.2) is 0 Å². The fourth-order valence-corrected chi connectivity index (χ4v) is 3.53. The van der Waals surface area contributed by atoms with E-state index in [1.54, 1.807) is 10.8 Å². The van der Waals surface area contributed by atoms with Crippen LogP contribution in [0.15, 0.2) is 24.5 Å². The molecular formula is C16H26Br2N2O5. The van der Waals surface area contributed by atoms with Gasteiger partial charge in [0.25, 0.3) is 6.23 Å². The fraction of sp³-hybridized carbons (Fsp3) is 0.688. The van der Waals surface area contributed by atoms with Gasteiger partial charge in [-0.15, -0.1) is 17.0 Å². The Balaban J connectivity index is 0.00000156. The molecule has 0 bridgehead atoms. The van der Waals surface area contributed by atoms with E-state index in [2.05, 4.69) is 11.9 Å². The van der Waals surface area contributed by atoms with Crippen LogP contribution in [0.2, 0.25) is 0 Å². The van der Waals surface area contributed by atoms with Crippen LogP contribution in [-0.2, 0) is 4.74 Å². The molecule has 6 atom stereocenters. The molecule has 0 saturated carbocycles. The van der Waals surface area contributed by atoms with Gasteiger partial charge in [0.15, 0.2) is 18.5 Å². The quantitative estimate of drug-likeness (QED) is 0.329. The predicted molar refractivity (Wildman–Crippen MR) is 90.6 cm³/mol. The number of nitrogens with zero attached hydrogens (tertiary/aromatic N) is 2. The average Bonchev–Trinajstić information content (AvgIpc) is 2.99. The highest BCUT2D eigenvalue weighted by atomic mass is 79.9. The number of likely N-dealkylation sites (tertiary alicyclic amines) is 1. The van der Waals surface area contributed by atoms with E-state index in [1.807, 2.05) is 18.3 Å². The summed E-state index contributed by atoms with van der Waals surface area (Å²) in [6.45, 7) is 0.632. The van der Waals surface area contributed by atoms with Gasteiger partial charge in [-0.2, -0.15) is 4.57 Å². The molecule has 3 heterocycles. The molecule has 0 amide bonds. The van der Waals surface area contributed by atoms with Crippen LogP contribution in [0.5, 0.6) is 0 Å². The highest BCUT2D eigenvalue weighted by Crippen LogP contribution is 2.30. The highest BCUT2D eigenvalue weighted by Gasteiger charge is 2.48. The van der Waals surface area contributed by atoms with Crippen molar-refractivity contribution >= 4 is 17.0 Å². The Morgan fingerprint density at radius 2 is 1.96 bits per heavy atom. The van der Waals surface area contributed by atoms with E-state index in [9.17, 15) is 20.4 Å². The lowest BCUT2D eigenvalue weighted by Gasteiger charge is -2.36. The number of hydrogen-bond acceptors (Lipinski definition) is 6. The lowest BCUT2D eigenvalue weighted by molar-refractivity contribution is -0.778. The number of hydrogen-bond donors (Lipinski definition) is 4. The van der Waals surface area contributed by atoms with Gasteiger partial charge < -0.3 is 42.1 Å². The molecule has 4 N–H and O–H groups in total. The number of aliphatic hydroxyl groups is 4. The zero-order valence-electron chi connectivity index (χ0n) is 14.0. The molecule has 2 fully saturated rings. The molecule has 1 aromatic heterocycles. The van der Waals surface area contributed by atoms with Crippen molar-refractivity contribution in [1.82, 2.24) is 4.90 Å². The van der Waals surface area contributed by atoms with Gasteiger partial charge in [0.1, 0.15) is 18.3 Å². The van der Waals surface area contributed by atoms with Gasteiger partial charge in [-0.1, -0.05) is 0 Å². The SMILES string of the molecule is Br.CN1CCCC1c1ccc[n+](C2OC(CO)[C@@H](O)[C@H](O)C2O)c1.[Br-]. The van der Waals surface area contributed by atoms with Crippen LogP contribution in [0, 0.1) is 0 Å². The molecule has 9 heteroatoms. The number of ether oxygens (including phenoxy) is 1. The van der Waals surface area contributed by atoms with E-state index >= 15 is 0 Å². The van der Waals surface area contributed by atoms with Gasteiger partial charge >= 0.3 is 0 Å². The van der Waals surface area contributed by atoms with Crippen LogP contribution in [0.4, 0.5) is 0 Å².